The molecule has 2 rings (SSSR count). The van der Waals surface area contributed by atoms with Crippen molar-refractivity contribution in [3.8, 4) is 6.07 Å². The zero-order valence-corrected chi connectivity index (χ0v) is 9.27. The second kappa shape index (κ2) is 4.63. The van der Waals surface area contributed by atoms with Crippen LogP contribution >= 0.6 is 0 Å². The Kier molecular flexibility index (Phi) is 3.03. The summed E-state index contributed by atoms with van der Waals surface area (Å²) in [6.07, 6.45) is 0.830. The predicted molar refractivity (Wildman–Crippen MR) is 65.1 cm³/mol. The fourth-order valence-electron chi connectivity index (χ4n) is 1.84. The van der Waals surface area contributed by atoms with Crippen molar-refractivity contribution in [3.05, 3.63) is 70.8 Å². The molecule has 0 spiro atoms. The van der Waals surface area contributed by atoms with E-state index < -0.39 is 0 Å². The van der Waals surface area contributed by atoms with Crippen LogP contribution in [-0.2, 0) is 6.42 Å². The first-order valence-electron chi connectivity index (χ1n) is 5.34. The molecule has 16 heavy (non-hydrogen) atoms. The Bertz CT molecular complexity index is 521. The van der Waals surface area contributed by atoms with Gasteiger partial charge in [-0.15, -0.1) is 0 Å². The second-order valence-electron chi connectivity index (χ2n) is 3.88. The van der Waals surface area contributed by atoms with Crippen LogP contribution in [0.5, 0.6) is 0 Å². The summed E-state index contributed by atoms with van der Waals surface area (Å²) in [6, 6.07) is 18.4. The van der Waals surface area contributed by atoms with Gasteiger partial charge in [-0.2, -0.15) is 5.26 Å². The van der Waals surface area contributed by atoms with E-state index >= 15 is 0 Å². The third-order valence-electron chi connectivity index (χ3n) is 2.75. The van der Waals surface area contributed by atoms with E-state index in [9.17, 15) is 0 Å². The van der Waals surface area contributed by atoms with E-state index in [0.717, 1.165) is 17.5 Å². The maximum Gasteiger partial charge on any atom is 0.0994 e. The van der Waals surface area contributed by atoms with E-state index in [1.165, 1.54) is 11.1 Å². The van der Waals surface area contributed by atoms with Crippen molar-refractivity contribution < 1.29 is 0 Å². The first-order chi connectivity index (χ1) is 7.81. The number of nitrogens with zero attached hydrogens (tertiary/aromatic N) is 1. The Morgan fingerprint density at radius 2 is 1.75 bits per heavy atom. The highest BCUT2D eigenvalue weighted by Gasteiger charge is 2.05. The maximum atomic E-state index is 9.07. The highest BCUT2D eigenvalue weighted by molar-refractivity contribution is 5.44. The average molecular weight is 207 g/mol. The molecule has 0 radical (unpaired) electrons. The van der Waals surface area contributed by atoms with Crippen LogP contribution in [0.1, 0.15) is 22.3 Å². The van der Waals surface area contributed by atoms with Gasteiger partial charge in [0.2, 0.25) is 0 Å². The second-order valence-corrected chi connectivity index (χ2v) is 3.88. The van der Waals surface area contributed by atoms with Crippen molar-refractivity contribution in [1.82, 2.24) is 0 Å². The van der Waals surface area contributed by atoms with E-state index in [2.05, 4.69) is 31.2 Å². The Labute approximate surface area is 96.0 Å². The van der Waals surface area contributed by atoms with Crippen molar-refractivity contribution in [1.29, 1.82) is 5.26 Å². The predicted octanol–water partition coefficient (Wildman–Crippen LogP) is 3.46. The lowest BCUT2D eigenvalue weighted by Gasteiger charge is -2.07. The largest absolute Gasteiger partial charge is 0.192 e. The monoisotopic (exact) mass is 207 g/mol. The molecule has 0 saturated heterocycles. The van der Waals surface area contributed by atoms with Crippen LogP contribution in [-0.4, -0.2) is 0 Å². The highest BCUT2D eigenvalue weighted by Crippen LogP contribution is 2.17. The molecule has 2 aromatic carbocycles. The van der Waals surface area contributed by atoms with Gasteiger partial charge in [0.1, 0.15) is 0 Å². The molecule has 0 amide bonds. The van der Waals surface area contributed by atoms with Crippen molar-refractivity contribution in [2.75, 3.05) is 0 Å². The Balaban J connectivity index is 2.39. The summed E-state index contributed by atoms with van der Waals surface area (Å²) in [5, 5.41) is 9.07. The zero-order valence-electron chi connectivity index (χ0n) is 9.27. The molecule has 0 heterocycles. The lowest BCUT2D eigenvalue weighted by Crippen LogP contribution is -1.95. The van der Waals surface area contributed by atoms with E-state index in [-0.39, 0.29) is 0 Å². The van der Waals surface area contributed by atoms with E-state index in [1.807, 2.05) is 30.3 Å². The molecule has 0 fully saturated rings. The van der Waals surface area contributed by atoms with Crippen LogP contribution < -0.4 is 0 Å². The van der Waals surface area contributed by atoms with Gasteiger partial charge < -0.3 is 0 Å². The Morgan fingerprint density at radius 1 is 1.00 bits per heavy atom. The molecule has 2 aromatic rings. The van der Waals surface area contributed by atoms with E-state index in [0.29, 0.717) is 0 Å². The van der Waals surface area contributed by atoms with Crippen LogP contribution in [0.4, 0.5) is 0 Å². The number of hydrogen-bond donors (Lipinski definition) is 0. The molecule has 78 valence electrons. The summed E-state index contributed by atoms with van der Waals surface area (Å²) in [7, 11) is 0. The molecular formula is C15H13N. The van der Waals surface area contributed by atoms with Gasteiger partial charge in [0.25, 0.3) is 0 Å². The number of hydrogen-bond acceptors (Lipinski definition) is 1. The SMILES string of the molecule is Cc1cccc(C#N)c1Cc1ccccc1. The molecule has 0 aliphatic carbocycles. The standard InChI is InChI=1S/C15H13N/c1-12-6-5-9-14(11-16)15(12)10-13-7-3-2-4-8-13/h2-9H,10H2,1H3. The third-order valence-corrected chi connectivity index (χ3v) is 2.75. The minimum absolute atomic E-state index is 0.781. The molecule has 0 aromatic heterocycles. The summed E-state index contributed by atoms with van der Waals surface area (Å²) in [4.78, 5) is 0. The Hall–Kier alpha value is -2.07. The lowest BCUT2D eigenvalue weighted by atomic mass is 9.96. The van der Waals surface area contributed by atoms with Crippen molar-refractivity contribution in [2.45, 2.75) is 13.3 Å². The molecular weight excluding hydrogens is 194 g/mol. The first kappa shape index (κ1) is 10.4. The maximum absolute atomic E-state index is 9.07. The summed E-state index contributed by atoms with van der Waals surface area (Å²) < 4.78 is 0. The van der Waals surface area contributed by atoms with Gasteiger partial charge in [-0.3, -0.25) is 0 Å². The van der Waals surface area contributed by atoms with Crippen LogP contribution in [0.25, 0.3) is 0 Å². The summed E-state index contributed by atoms with van der Waals surface area (Å²) in [5.74, 6) is 0. The van der Waals surface area contributed by atoms with Crippen LogP contribution in [0, 0.1) is 18.3 Å². The van der Waals surface area contributed by atoms with Gasteiger partial charge >= 0.3 is 0 Å². The number of rotatable bonds is 2. The summed E-state index contributed by atoms with van der Waals surface area (Å²) in [6.45, 7) is 2.05. The lowest BCUT2D eigenvalue weighted by molar-refractivity contribution is 1.14. The van der Waals surface area contributed by atoms with E-state index in [1.54, 1.807) is 0 Å². The Morgan fingerprint density at radius 3 is 2.44 bits per heavy atom. The van der Waals surface area contributed by atoms with Crippen LogP contribution in [0.3, 0.4) is 0 Å². The van der Waals surface area contributed by atoms with Crippen molar-refractivity contribution in [2.24, 2.45) is 0 Å². The minimum atomic E-state index is 0.781. The molecule has 0 saturated carbocycles. The molecule has 0 aliphatic heterocycles. The van der Waals surface area contributed by atoms with Crippen LogP contribution in [0.2, 0.25) is 0 Å². The first-order valence-corrected chi connectivity index (χ1v) is 5.34. The fourth-order valence-corrected chi connectivity index (χ4v) is 1.84. The molecule has 0 aliphatic rings. The summed E-state index contributed by atoms with van der Waals surface area (Å²) in [5.41, 5.74) is 4.34. The van der Waals surface area contributed by atoms with Crippen LogP contribution in [0.15, 0.2) is 48.5 Å². The number of aryl methyl sites for hydroxylation is 1. The molecule has 0 atom stereocenters. The minimum Gasteiger partial charge on any atom is -0.192 e. The summed E-state index contributed by atoms with van der Waals surface area (Å²) >= 11 is 0. The zero-order chi connectivity index (χ0) is 11.4. The molecule has 0 unspecified atom stereocenters. The average Bonchev–Trinajstić information content (AvgIpc) is 2.33. The topological polar surface area (TPSA) is 23.8 Å². The van der Waals surface area contributed by atoms with Crippen molar-refractivity contribution in [3.63, 3.8) is 0 Å². The molecule has 0 bridgehead atoms. The number of nitriles is 1. The van der Waals surface area contributed by atoms with Gasteiger partial charge in [-0.05, 0) is 36.1 Å². The smallest absolute Gasteiger partial charge is 0.0994 e. The molecule has 1 heteroatoms. The quantitative estimate of drug-likeness (QED) is 0.739. The normalized spacial score (nSPS) is 9.75. The fraction of sp³-hybridized carbons (Fsp3) is 0.133. The highest BCUT2D eigenvalue weighted by atomic mass is 14.2. The van der Waals surface area contributed by atoms with E-state index in [4.69, 9.17) is 5.26 Å². The van der Waals surface area contributed by atoms with Crippen molar-refractivity contribution >= 4 is 0 Å². The molecule has 1 nitrogen and oxygen atoms in total. The third kappa shape index (κ3) is 2.12. The van der Waals surface area contributed by atoms with Gasteiger partial charge in [0, 0.05) is 0 Å². The molecule has 0 N–H and O–H groups in total. The van der Waals surface area contributed by atoms with Gasteiger partial charge in [-0.1, -0.05) is 42.5 Å². The number of benzene rings is 2. The van der Waals surface area contributed by atoms with Gasteiger partial charge in [-0.25, -0.2) is 0 Å². The van der Waals surface area contributed by atoms with Gasteiger partial charge in [0.05, 0.1) is 11.6 Å². The van der Waals surface area contributed by atoms with Gasteiger partial charge in [0.15, 0.2) is 0 Å².